The molecule has 4 atom stereocenters. The number of carbonyl (C=O) groups excluding carboxylic acids is 2. The van der Waals surface area contributed by atoms with E-state index in [1.807, 2.05) is 23.1 Å². The minimum Gasteiger partial charge on any atom is -0.372 e. The summed E-state index contributed by atoms with van der Waals surface area (Å²) in [5, 5.41) is 18.5. The van der Waals surface area contributed by atoms with Crippen molar-refractivity contribution in [1.82, 2.24) is 30.2 Å². The fourth-order valence-corrected chi connectivity index (χ4v) is 5.69. The topological polar surface area (TPSA) is 106 Å². The van der Waals surface area contributed by atoms with Crippen LogP contribution in [0.5, 0.6) is 0 Å². The van der Waals surface area contributed by atoms with E-state index in [0.717, 1.165) is 30.8 Å². The van der Waals surface area contributed by atoms with Crippen LogP contribution < -0.4 is 16.0 Å². The Bertz CT molecular complexity index is 1130. The van der Waals surface area contributed by atoms with E-state index in [1.54, 1.807) is 10.9 Å². The zero-order valence-corrected chi connectivity index (χ0v) is 19.1. The van der Waals surface area contributed by atoms with Gasteiger partial charge in [-0.1, -0.05) is 0 Å². The van der Waals surface area contributed by atoms with Crippen LogP contribution in [-0.4, -0.2) is 44.0 Å². The van der Waals surface area contributed by atoms with E-state index in [4.69, 9.17) is 0 Å². The monoisotopic (exact) mass is 449 g/mol. The first-order chi connectivity index (χ1) is 16.0. The molecule has 0 aromatic carbocycles. The Balaban J connectivity index is 1.20. The summed E-state index contributed by atoms with van der Waals surface area (Å²) < 4.78 is 3.78. The molecule has 2 saturated carbocycles. The summed E-state index contributed by atoms with van der Waals surface area (Å²) in [6.45, 7) is 5.50. The van der Waals surface area contributed by atoms with Gasteiger partial charge in [0.2, 0.25) is 11.8 Å². The van der Waals surface area contributed by atoms with Crippen LogP contribution in [0, 0.1) is 23.7 Å². The van der Waals surface area contributed by atoms with Gasteiger partial charge in [0.1, 0.15) is 6.04 Å². The quantitative estimate of drug-likeness (QED) is 0.601. The molecule has 2 aliphatic carbocycles. The van der Waals surface area contributed by atoms with E-state index in [9.17, 15) is 9.59 Å². The van der Waals surface area contributed by atoms with Crippen LogP contribution in [0.25, 0.3) is 5.70 Å². The minimum absolute atomic E-state index is 0.0101. The molecule has 33 heavy (non-hydrogen) atoms. The predicted molar refractivity (Wildman–Crippen MR) is 123 cm³/mol. The average Bonchev–Trinajstić information content (AvgIpc) is 3.64. The lowest BCUT2D eigenvalue weighted by molar-refractivity contribution is -0.123. The van der Waals surface area contributed by atoms with Gasteiger partial charge < -0.3 is 16.0 Å². The standard InChI is InChI=1S/C24H31N7O2/c1-13(2)31-19(6-8-26-31)21-18-9-17(18)20(14-3-4-14)22(29-21)24(33)28-16-10-27-30(12-16)11-15-5-7-25-23(15)32/h6,8,10,12-15,17,20,22,29H,3-5,7,9,11H2,1-2H3,(H,25,32)(H,28,33)/t15?,17?,20?,22-/m0/s1. The number of hydrogen-bond acceptors (Lipinski definition) is 5. The maximum Gasteiger partial charge on any atom is 0.247 e. The van der Waals surface area contributed by atoms with Crippen LogP contribution in [0.3, 0.4) is 0 Å². The van der Waals surface area contributed by atoms with Crippen LogP contribution in [0.4, 0.5) is 5.69 Å². The number of nitrogens with zero attached hydrogens (tertiary/aromatic N) is 4. The molecule has 1 saturated heterocycles. The third-order valence-electron chi connectivity index (χ3n) is 7.53. The lowest BCUT2D eigenvalue weighted by atomic mass is 9.85. The first-order valence-corrected chi connectivity index (χ1v) is 12.1. The van der Waals surface area contributed by atoms with Gasteiger partial charge in [-0.25, -0.2) is 0 Å². The number of rotatable bonds is 7. The molecular weight excluding hydrogens is 418 g/mol. The molecule has 4 aliphatic rings. The van der Waals surface area contributed by atoms with E-state index in [0.29, 0.717) is 30.0 Å². The highest BCUT2D eigenvalue weighted by Crippen LogP contribution is 2.58. The molecule has 0 bridgehead atoms. The van der Waals surface area contributed by atoms with Crippen molar-refractivity contribution < 1.29 is 9.59 Å². The van der Waals surface area contributed by atoms with Crippen LogP contribution in [-0.2, 0) is 16.1 Å². The first-order valence-electron chi connectivity index (χ1n) is 12.1. The predicted octanol–water partition coefficient (Wildman–Crippen LogP) is 2.16. The molecule has 9 nitrogen and oxygen atoms in total. The molecular formula is C24H31N7O2. The normalized spacial score (nSPS) is 28.5. The lowest BCUT2D eigenvalue weighted by Gasteiger charge is -2.32. The summed E-state index contributed by atoms with van der Waals surface area (Å²) in [5.41, 5.74) is 4.28. The number of carbonyl (C=O) groups is 2. The smallest absolute Gasteiger partial charge is 0.247 e. The van der Waals surface area contributed by atoms with Gasteiger partial charge in [-0.15, -0.1) is 0 Å². The molecule has 4 heterocycles. The summed E-state index contributed by atoms with van der Waals surface area (Å²) >= 11 is 0. The molecule has 174 valence electrons. The van der Waals surface area contributed by atoms with Crippen LogP contribution in [0.1, 0.15) is 51.3 Å². The van der Waals surface area contributed by atoms with Crippen molar-refractivity contribution in [1.29, 1.82) is 0 Å². The summed E-state index contributed by atoms with van der Waals surface area (Å²) in [6.07, 6.45) is 9.64. The maximum atomic E-state index is 13.5. The van der Waals surface area contributed by atoms with Gasteiger partial charge in [0.25, 0.3) is 0 Å². The molecule has 2 aromatic rings. The van der Waals surface area contributed by atoms with Crippen molar-refractivity contribution in [3.8, 4) is 0 Å². The van der Waals surface area contributed by atoms with E-state index < -0.39 is 0 Å². The Morgan fingerprint density at radius 3 is 2.85 bits per heavy atom. The van der Waals surface area contributed by atoms with Gasteiger partial charge in [0.05, 0.1) is 35.7 Å². The number of allylic oxidation sites excluding steroid dienone is 1. The third-order valence-corrected chi connectivity index (χ3v) is 7.53. The Morgan fingerprint density at radius 2 is 2.12 bits per heavy atom. The number of aromatic nitrogens is 4. The molecule has 9 heteroatoms. The summed E-state index contributed by atoms with van der Waals surface area (Å²) in [4.78, 5) is 25.4. The fourth-order valence-electron chi connectivity index (χ4n) is 5.69. The number of amides is 2. The number of nitrogens with one attached hydrogen (secondary N) is 3. The largest absolute Gasteiger partial charge is 0.372 e. The van der Waals surface area contributed by atoms with Gasteiger partial charge in [-0.05, 0) is 68.9 Å². The third kappa shape index (κ3) is 3.73. The number of hydrogen-bond donors (Lipinski definition) is 3. The second-order valence-electron chi connectivity index (χ2n) is 10.2. The van der Waals surface area contributed by atoms with Crippen molar-refractivity contribution in [3.63, 3.8) is 0 Å². The Labute approximate surface area is 193 Å². The number of fused-ring (bicyclic) bond motifs is 1. The first kappa shape index (κ1) is 20.5. The molecule has 3 unspecified atom stereocenters. The van der Waals surface area contributed by atoms with E-state index in [2.05, 4.69) is 40.0 Å². The molecule has 3 fully saturated rings. The van der Waals surface area contributed by atoms with Gasteiger partial charge in [-0.2, -0.15) is 10.2 Å². The molecule has 6 rings (SSSR count). The van der Waals surface area contributed by atoms with Gasteiger partial charge >= 0.3 is 0 Å². The van der Waals surface area contributed by atoms with Crippen molar-refractivity contribution in [2.24, 2.45) is 23.7 Å². The van der Waals surface area contributed by atoms with E-state index in [1.165, 1.54) is 18.4 Å². The average molecular weight is 450 g/mol. The lowest BCUT2D eigenvalue weighted by Crippen LogP contribution is -2.48. The molecule has 2 aliphatic heterocycles. The molecule has 0 spiro atoms. The Kier molecular flexibility index (Phi) is 4.81. The zero-order valence-electron chi connectivity index (χ0n) is 19.1. The zero-order chi connectivity index (χ0) is 22.7. The van der Waals surface area contributed by atoms with Crippen molar-refractivity contribution in [3.05, 3.63) is 35.9 Å². The molecule has 2 aromatic heterocycles. The number of anilines is 1. The van der Waals surface area contributed by atoms with Crippen LogP contribution >= 0.6 is 0 Å². The van der Waals surface area contributed by atoms with E-state index in [-0.39, 0.29) is 29.8 Å². The van der Waals surface area contributed by atoms with Gasteiger partial charge in [0, 0.05) is 25.0 Å². The van der Waals surface area contributed by atoms with E-state index >= 15 is 0 Å². The Hall–Kier alpha value is -3.10. The van der Waals surface area contributed by atoms with Gasteiger partial charge in [-0.3, -0.25) is 19.0 Å². The molecule has 0 radical (unpaired) electrons. The Morgan fingerprint density at radius 1 is 1.27 bits per heavy atom. The van der Waals surface area contributed by atoms with Crippen LogP contribution in [0.15, 0.2) is 30.2 Å². The van der Waals surface area contributed by atoms with Gasteiger partial charge in [0.15, 0.2) is 0 Å². The van der Waals surface area contributed by atoms with Crippen molar-refractivity contribution >= 4 is 23.2 Å². The SMILES string of the molecule is CC(C)n1nccc1C1=C2CC2C(C2CC2)[C@@H](C(=O)Nc2cnn(CC3CCNC3=O)c2)N1. The van der Waals surface area contributed by atoms with Crippen molar-refractivity contribution in [2.45, 2.75) is 58.2 Å². The maximum absolute atomic E-state index is 13.5. The second kappa shape index (κ2) is 7.74. The summed E-state index contributed by atoms with van der Waals surface area (Å²) in [7, 11) is 0. The van der Waals surface area contributed by atoms with Crippen LogP contribution in [0.2, 0.25) is 0 Å². The highest BCUT2D eigenvalue weighted by molar-refractivity contribution is 5.97. The fraction of sp³-hybridized carbons (Fsp3) is 0.583. The highest BCUT2D eigenvalue weighted by atomic mass is 16.2. The summed E-state index contributed by atoms with van der Waals surface area (Å²) in [5.74, 6) is 1.47. The summed E-state index contributed by atoms with van der Waals surface area (Å²) in [6, 6.07) is 2.02. The molecule has 3 N–H and O–H groups in total. The second-order valence-corrected chi connectivity index (χ2v) is 10.2. The highest BCUT2D eigenvalue weighted by Gasteiger charge is 2.55. The minimum atomic E-state index is -0.275. The van der Waals surface area contributed by atoms with Crippen molar-refractivity contribution in [2.75, 3.05) is 11.9 Å². The molecule has 2 amide bonds.